The van der Waals surface area contributed by atoms with E-state index in [2.05, 4.69) is 32.6 Å². The number of benzene rings is 1. The Morgan fingerprint density at radius 3 is 2.44 bits per heavy atom. The monoisotopic (exact) mass is 355 g/mol. The van der Waals surface area contributed by atoms with E-state index in [0.29, 0.717) is 16.7 Å². The van der Waals surface area contributed by atoms with Gasteiger partial charge in [0.25, 0.3) is 0 Å². The predicted octanol–water partition coefficient (Wildman–Crippen LogP) is 2.13. The molecular formula is C12H10IN3O2. The first-order chi connectivity index (χ1) is 8.50. The first kappa shape index (κ1) is 12.9. The second-order valence-corrected chi connectivity index (χ2v) is 4.98. The molecule has 0 saturated heterocycles. The summed E-state index contributed by atoms with van der Waals surface area (Å²) in [5.41, 5.74) is 0.702. The van der Waals surface area contributed by atoms with Crippen molar-refractivity contribution in [3.8, 4) is 0 Å². The van der Waals surface area contributed by atoms with Crippen molar-refractivity contribution in [2.75, 3.05) is 4.90 Å². The van der Waals surface area contributed by atoms with Crippen LogP contribution in [0.2, 0.25) is 0 Å². The molecule has 1 aromatic heterocycles. The molecule has 2 aromatic rings. The van der Waals surface area contributed by atoms with E-state index in [9.17, 15) is 9.59 Å². The Bertz CT molecular complexity index is 628. The van der Waals surface area contributed by atoms with Crippen molar-refractivity contribution in [1.82, 2.24) is 9.97 Å². The van der Waals surface area contributed by atoms with Gasteiger partial charge >= 0.3 is 0 Å². The van der Waals surface area contributed by atoms with Crippen LogP contribution in [0.3, 0.4) is 0 Å². The van der Waals surface area contributed by atoms with Crippen LogP contribution in [0.1, 0.15) is 13.8 Å². The lowest BCUT2D eigenvalue weighted by molar-refractivity contribution is -0.124. The van der Waals surface area contributed by atoms with E-state index < -0.39 is 0 Å². The summed E-state index contributed by atoms with van der Waals surface area (Å²) in [5.74, 6) is -0.388. The van der Waals surface area contributed by atoms with Crippen LogP contribution in [0, 0.1) is 3.57 Å². The number of halogens is 1. The van der Waals surface area contributed by atoms with E-state index in [1.165, 1.54) is 20.2 Å². The second kappa shape index (κ2) is 4.97. The Morgan fingerprint density at radius 2 is 1.83 bits per heavy atom. The highest BCUT2D eigenvalue weighted by atomic mass is 127. The molecule has 0 radical (unpaired) electrons. The van der Waals surface area contributed by atoms with Gasteiger partial charge in [-0.1, -0.05) is 0 Å². The van der Waals surface area contributed by atoms with Gasteiger partial charge in [0, 0.05) is 22.8 Å². The SMILES string of the molecule is CC(=O)N(C(C)=O)c1ncnc2ccc(I)cc12. The van der Waals surface area contributed by atoms with Crippen LogP contribution in [0.5, 0.6) is 0 Å². The van der Waals surface area contributed by atoms with Gasteiger partial charge < -0.3 is 0 Å². The summed E-state index contributed by atoms with van der Waals surface area (Å²) in [7, 11) is 0. The molecule has 0 unspecified atom stereocenters. The number of nitrogens with zero attached hydrogens (tertiary/aromatic N) is 3. The minimum atomic E-state index is -0.360. The topological polar surface area (TPSA) is 63.2 Å². The fourth-order valence-electron chi connectivity index (χ4n) is 1.71. The lowest BCUT2D eigenvalue weighted by Crippen LogP contribution is -2.34. The summed E-state index contributed by atoms with van der Waals surface area (Å²) in [6.45, 7) is 2.67. The Morgan fingerprint density at radius 1 is 1.17 bits per heavy atom. The number of rotatable bonds is 1. The summed E-state index contributed by atoms with van der Waals surface area (Å²) < 4.78 is 0.989. The van der Waals surface area contributed by atoms with Crippen molar-refractivity contribution in [1.29, 1.82) is 0 Å². The molecule has 92 valence electrons. The largest absolute Gasteiger partial charge is 0.274 e. The maximum absolute atomic E-state index is 11.6. The lowest BCUT2D eigenvalue weighted by Gasteiger charge is -2.17. The highest BCUT2D eigenvalue weighted by Gasteiger charge is 2.20. The van der Waals surface area contributed by atoms with Gasteiger partial charge in [0.05, 0.1) is 5.52 Å². The molecule has 1 aromatic carbocycles. The minimum absolute atomic E-state index is 0.332. The molecule has 0 saturated carbocycles. The van der Waals surface area contributed by atoms with Crippen molar-refractivity contribution in [2.45, 2.75) is 13.8 Å². The average molecular weight is 355 g/mol. The fourth-order valence-corrected chi connectivity index (χ4v) is 2.20. The van der Waals surface area contributed by atoms with Gasteiger partial charge in [0.1, 0.15) is 6.33 Å². The van der Waals surface area contributed by atoms with E-state index >= 15 is 0 Å². The Kier molecular flexibility index (Phi) is 3.55. The molecule has 0 atom stereocenters. The number of carbonyl (C=O) groups excluding carboxylic acids is 2. The smallest absolute Gasteiger partial charge is 0.231 e. The molecule has 0 spiro atoms. The van der Waals surface area contributed by atoms with Gasteiger partial charge in [-0.2, -0.15) is 0 Å². The van der Waals surface area contributed by atoms with Gasteiger partial charge in [0.2, 0.25) is 11.8 Å². The van der Waals surface area contributed by atoms with E-state index in [4.69, 9.17) is 0 Å². The number of carbonyl (C=O) groups is 2. The summed E-state index contributed by atoms with van der Waals surface area (Å²) in [6, 6.07) is 5.59. The van der Waals surface area contributed by atoms with Crippen molar-refractivity contribution >= 4 is 51.1 Å². The van der Waals surface area contributed by atoms with E-state index in [-0.39, 0.29) is 11.8 Å². The number of hydrogen-bond acceptors (Lipinski definition) is 4. The van der Waals surface area contributed by atoms with E-state index in [1.54, 1.807) is 0 Å². The van der Waals surface area contributed by atoms with Crippen LogP contribution in [0.25, 0.3) is 10.9 Å². The maximum atomic E-state index is 11.6. The third kappa shape index (κ3) is 2.33. The van der Waals surface area contributed by atoms with Gasteiger partial charge in [-0.25, -0.2) is 14.9 Å². The fraction of sp³-hybridized carbons (Fsp3) is 0.167. The zero-order valence-electron chi connectivity index (χ0n) is 9.85. The second-order valence-electron chi connectivity index (χ2n) is 3.73. The molecular weight excluding hydrogens is 345 g/mol. The molecule has 0 bridgehead atoms. The van der Waals surface area contributed by atoms with Crippen LogP contribution < -0.4 is 4.90 Å². The van der Waals surface area contributed by atoms with Gasteiger partial charge in [-0.3, -0.25) is 9.59 Å². The number of anilines is 1. The van der Waals surface area contributed by atoms with Crippen LogP contribution in [-0.4, -0.2) is 21.8 Å². The van der Waals surface area contributed by atoms with Crippen molar-refractivity contribution in [3.63, 3.8) is 0 Å². The highest BCUT2D eigenvalue weighted by Crippen LogP contribution is 2.24. The first-order valence-corrected chi connectivity index (χ1v) is 6.30. The van der Waals surface area contributed by atoms with E-state index in [1.807, 2.05) is 18.2 Å². The molecule has 2 rings (SSSR count). The van der Waals surface area contributed by atoms with Crippen molar-refractivity contribution in [2.24, 2.45) is 0 Å². The third-order valence-electron chi connectivity index (χ3n) is 2.42. The van der Waals surface area contributed by atoms with Crippen LogP contribution in [0.4, 0.5) is 5.82 Å². The van der Waals surface area contributed by atoms with Gasteiger partial charge in [-0.15, -0.1) is 0 Å². The first-order valence-electron chi connectivity index (χ1n) is 5.22. The number of aromatic nitrogens is 2. The number of imide groups is 1. The molecule has 0 fully saturated rings. The molecule has 18 heavy (non-hydrogen) atoms. The van der Waals surface area contributed by atoms with Crippen LogP contribution in [-0.2, 0) is 9.59 Å². The number of hydrogen-bond donors (Lipinski definition) is 0. The van der Waals surface area contributed by atoms with Gasteiger partial charge in [-0.05, 0) is 40.8 Å². The van der Waals surface area contributed by atoms with E-state index in [0.717, 1.165) is 8.47 Å². The normalized spacial score (nSPS) is 10.4. The minimum Gasteiger partial charge on any atom is -0.274 e. The quantitative estimate of drug-likeness (QED) is 0.736. The zero-order valence-corrected chi connectivity index (χ0v) is 12.0. The van der Waals surface area contributed by atoms with Crippen LogP contribution in [0.15, 0.2) is 24.5 Å². The maximum Gasteiger partial charge on any atom is 0.231 e. The predicted molar refractivity (Wildman–Crippen MR) is 76.1 cm³/mol. The Balaban J connectivity index is 2.73. The highest BCUT2D eigenvalue weighted by molar-refractivity contribution is 14.1. The lowest BCUT2D eigenvalue weighted by atomic mass is 10.2. The zero-order chi connectivity index (χ0) is 13.3. The van der Waals surface area contributed by atoms with Gasteiger partial charge in [0.15, 0.2) is 5.82 Å². The van der Waals surface area contributed by atoms with Crippen molar-refractivity contribution < 1.29 is 9.59 Å². The third-order valence-corrected chi connectivity index (χ3v) is 3.09. The molecule has 0 aliphatic carbocycles. The molecule has 0 aliphatic heterocycles. The number of fused-ring (bicyclic) bond motifs is 1. The summed E-state index contributed by atoms with van der Waals surface area (Å²) in [4.78, 5) is 32.4. The number of amides is 2. The Labute approximate surface area is 117 Å². The molecule has 0 aliphatic rings. The summed E-state index contributed by atoms with van der Waals surface area (Å²) >= 11 is 2.16. The molecule has 1 heterocycles. The Hall–Kier alpha value is -1.57. The molecule has 5 nitrogen and oxygen atoms in total. The summed E-state index contributed by atoms with van der Waals surface area (Å²) in [6.07, 6.45) is 1.35. The standard InChI is InChI=1S/C12H10IN3O2/c1-7(17)16(8(2)18)12-10-5-9(13)3-4-11(10)14-6-15-12/h3-6H,1-2H3. The van der Waals surface area contributed by atoms with Crippen molar-refractivity contribution in [3.05, 3.63) is 28.1 Å². The average Bonchev–Trinajstić information content (AvgIpc) is 2.29. The molecule has 0 N–H and O–H groups in total. The summed E-state index contributed by atoms with van der Waals surface area (Å²) in [5, 5.41) is 0.690. The van der Waals surface area contributed by atoms with Crippen LogP contribution >= 0.6 is 22.6 Å². The molecule has 2 amide bonds. The molecule has 6 heteroatoms.